The number of halogens is 1. The van der Waals surface area contributed by atoms with Crippen LogP contribution in [0.1, 0.15) is 20.7 Å². The van der Waals surface area contributed by atoms with Gasteiger partial charge in [-0.15, -0.1) is 11.3 Å². The predicted octanol–water partition coefficient (Wildman–Crippen LogP) is 2.53. The molecule has 5 nitrogen and oxygen atoms in total. The zero-order chi connectivity index (χ0) is 12.7. The Morgan fingerprint density at radius 1 is 1.22 bits per heavy atom. The van der Waals surface area contributed by atoms with Crippen LogP contribution in [0.5, 0.6) is 0 Å². The summed E-state index contributed by atoms with van der Waals surface area (Å²) in [6.45, 7) is 0. The molecule has 1 aromatic heterocycles. The van der Waals surface area contributed by atoms with E-state index in [1.807, 2.05) is 5.38 Å². The van der Waals surface area contributed by atoms with Gasteiger partial charge in [-0.3, -0.25) is 14.9 Å². The fraction of sp³-hybridized carbons (Fsp3) is 0. The molecule has 1 aromatic carbocycles. The van der Waals surface area contributed by atoms with Gasteiger partial charge in [-0.2, -0.15) is 0 Å². The molecule has 0 atom stereocenters. The van der Waals surface area contributed by atoms with Gasteiger partial charge in [-0.25, -0.2) is 4.98 Å². The molecule has 7 heteroatoms. The maximum Gasteiger partial charge on any atom is 0.259 e. The number of carbonyl (C=O) groups excluding carboxylic acids is 2. The molecule has 18 heavy (non-hydrogen) atoms. The second-order valence-electron chi connectivity index (χ2n) is 3.64. The van der Waals surface area contributed by atoms with Crippen LogP contribution in [0.15, 0.2) is 28.2 Å². The van der Waals surface area contributed by atoms with Gasteiger partial charge in [0.15, 0.2) is 5.13 Å². The van der Waals surface area contributed by atoms with E-state index < -0.39 is 0 Å². The van der Waals surface area contributed by atoms with E-state index in [4.69, 9.17) is 0 Å². The number of thiazole rings is 1. The van der Waals surface area contributed by atoms with E-state index in [-0.39, 0.29) is 11.8 Å². The van der Waals surface area contributed by atoms with Crippen molar-refractivity contribution in [3.63, 3.8) is 0 Å². The van der Waals surface area contributed by atoms with Crippen molar-refractivity contribution in [2.24, 2.45) is 0 Å². The maximum atomic E-state index is 11.5. The summed E-state index contributed by atoms with van der Waals surface area (Å²) in [7, 11) is 0. The average Bonchev–Trinajstić information content (AvgIpc) is 2.85. The van der Waals surface area contributed by atoms with Crippen molar-refractivity contribution in [3.8, 4) is 0 Å². The third-order valence-corrected chi connectivity index (χ3v) is 3.93. The molecule has 0 unspecified atom stereocenters. The SMILES string of the molecule is O=C1NC(=O)c2cc(Nc3nc(Br)cs3)ccc21. The molecule has 0 spiro atoms. The molecule has 1 aliphatic rings. The Hall–Kier alpha value is -1.73. The lowest BCUT2D eigenvalue weighted by molar-refractivity contribution is 0.0879. The summed E-state index contributed by atoms with van der Waals surface area (Å²) in [6, 6.07) is 5.01. The highest BCUT2D eigenvalue weighted by Crippen LogP contribution is 2.26. The number of fused-ring (bicyclic) bond motifs is 1. The van der Waals surface area contributed by atoms with Crippen LogP contribution < -0.4 is 10.6 Å². The van der Waals surface area contributed by atoms with Gasteiger partial charge in [0.2, 0.25) is 0 Å². The van der Waals surface area contributed by atoms with E-state index in [2.05, 4.69) is 31.5 Å². The van der Waals surface area contributed by atoms with Crippen LogP contribution in [0.3, 0.4) is 0 Å². The summed E-state index contributed by atoms with van der Waals surface area (Å²) in [4.78, 5) is 27.1. The summed E-state index contributed by atoms with van der Waals surface area (Å²) >= 11 is 4.71. The lowest BCUT2D eigenvalue weighted by Crippen LogP contribution is -2.19. The zero-order valence-corrected chi connectivity index (χ0v) is 11.3. The number of hydrogen-bond donors (Lipinski definition) is 2. The van der Waals surface area contributed by atoms with Gasteiger partial charge in [0.25, 0.3) is 11.8 Å². The van der Waals surface area contributed by atoms with E-state index >= 15 is 0 Å². The number of nitrogens with zero attached hydrogens (tertiary/aromatic N) is 1. The molecule has 1 aliphatic heterocycles. The third kappa shape index (κ3) is 1.91. The Bertz CT molecular complexity index is 668. The molecule has 0 fully saturated rings. The minimum absolute atomic E-state index is 0.349. The minimum atomic E-state index is -0.362. The first-order valence-electron chi connectivity index (χ1n) is 5.01. The highest BCUT2D eigenvalue weighted by Gasteiger charge is 2.26. The van der Waals surface area contributed by atoms with Crippen LogP contribution in [-0.4, -0.2) is 16.8 Å². The average molecular weight is 324 g/mol. The summed E-state index contributed by atoms with van der Waals surface area (Å²) < 4.78 is 0.754. The van der Waals surface area contributed by atoms with E-state index in [1.165, 1.54) is 11.3 Å². The molecule has 2 aromatic rings. The standard InChI is InChI=1S/C11H6BrN3O2S/c12-8-4-18-11(14-8)13-5-1-2-6-7(3-5)10(17)15-9(6)16/h1-4H,(H,13,14)(H,15,16,17). The largest absolute Gasteiger partial charge is 0.332 e. The van der Waals surface area contributed by atoms with Crippen LogP contribution in [0.4, 0.5) is 10.8 Å². The number of nitrogens with one attached hydrogen (secondary N) is 2. The molecule has 3 rings (SSSR count). The molecule has 0 radical (unpaired) electrons. The monoisotopic (exact) mass is 323 g/mol. The first kappa shape index (κ1) is 11.4. The third-order valence-electron chi connectivity index (χ3n) is 2.46. The Morgan fingerprint density at radius 3 is 2.72 bits per heavy atom. The molecule has 0 aliphatic carbocycles. The number of rotatable bonds is 2. The van der Waals surface area contributed by atoms with Crippen molar-refractivity contribution in [3.05, 3.63) is 39.3 Å². The Balaban J connectivity index is 1.93. The Labute approximate surface area is 114 Å². The number of anilines is 2. The molecule has 2 heterocycles. The van der Waals surface area contributed by atoms with Gasteiger partial charge in [0.1, 0.15) is 4.60 Å². The smallest absolute Gasteiger partial charge is 0.259 e. The molecular weight excluding hydrogens is 318 g/mol. The van der Waals surface area contributed by atoms with Gasteiger partial charge in [-0.1, -0.05) is 0 Å². The number of imide groups is 1. The van der Waals surface area contributed by atoms with Crippen molar-refractivity contribution in [1.82, 2.24) is 10.3 Å². The van der Waals surface area contributed by atoms with Crippen molar-refractivity contribution in [2.45, 2.75) is 0 Å². The Kier molecular flexibility index (Phi) is 2.64. The first-order chi connectivity index (χ1) is 8.63. The molecule has 0 bridgehead atoms. The summed E-state index contributed by atoms with van der Waals surface area (Å²) in [5.41, 5.74) is 1.52. The lowest BCUT2D eigenvalue weighted by atomic mass is 10.1. The molecule has 2 amide bonds. The minimum Gasteiger partial charge on any atom is -0.332 e. The van der Waals surface area contributed by atoms with E-state index in [9.17, 15) is 9.59 Å². The number of amides is 2. The van der Waals surface area contributed by atoms with Crippen molar-refractivity contribution in [2.75, 3.05) is 5.32 Å². The molecule has 0 saturated carbocycles. The first-order valence-corrected chi connectivity index (χ1v) is 6.68. The molecule has 2 N–H and O–H groups in total. The highest BCUT2D eigenvalue weighted by atomic mass is 79.9. The lowest BCUT2D eigenvalue weighted by Gasteiger charge is -2.03. The van der Waals surface area contributed by atoms with Gasteiger partial charge < -0.3 is 5.32 Å². The van der Waals surface area contributed by atoms with E-state index in [0.717, 1.165) is 10.3 Å². The number of benzene rings is 1. The Morgan fingerprint density at radius 2 is 2.00 bits per heavy atom. The van der Waals surface area contributed by atoms with Gasteiger partial charge in [0, 0.05) is 11.1 Å². The molecule has 0 saturated heterocycles. The van der Waals surface area contributed by atoms with Crippen LogP contribution in [0.2, 0.25) is 0 Å². The molecular formula is C11H6BrN3O2S. The van der Waals surface area contributed by atoms with Crippen molar-refractivity contribution in [1.29, 1.82) is 0 Å². The fourth-order valence-electron chi connectivity index (χ4n) is 1.68. The number of aromatic nitrogens is 1. The second-order valence-corrected chi connectivity index (χ2v) is 5.31. The maximum absolute atomic E-state index is 11.5. The quantitative estimate of drug-likeness (QED) is 0.833. The van der Waals surface area contributed by atoms with Crippen LogP contribution >= 0.6 is 27.3 Å². The topological polar surface area (TPSA) is 71.1 Å². The van der Waals surface area contributed by atoms with Crippen LogP contribution in [0.25, 0.3) is 0 Å². The van der Waals surface area contributed by atoms with Gasteiger partial charge in [-0.05, 0) is 34.1 Å². The highest BCUT2D eigenvalue weighted by molar-refractivity contribution is 9.10. The van der Waals surface area contributed by atoms with Crippen molar-refractivity contribution >= 4 is 49.9 Å². The predicted molar refractivity (Wildman–Crippen MR) is 71.3 cm³/mol. The van der Waals surface area contributed by atoms with Crippen LogP contribution in [-0.2, 0) is 0 Å². The second kappa shape index (κ2) is 4.18. The fourth-order valence-corrected chi connectivity index (χ4v) is 2.85. The zero-order valence-electron chi connectivity index (χ0n) is 8.86. The van der Waals surface area contributed by atoms with Crippen molar-refractivity contribution < 1.29 is 9.59 Å². The van der Waals surface area contributed by atoms with E-state index in [0.29, 0.717) is 16.3 Å². The molecule has 90 valence electrons. The summed E-state index contributed by atoms with van der Waals surface area (Å²) in [5, 5.41) is 7.89. The van der Waals surface area contributed by atoms with E-state index in [1.54, 1.807) is 18.2 Å². The normalized spacial score (nSPS) is 13.4. The van der Waals surface area contributed by atoms with Crippen LogP contribution in [0, 0.1) is 0 Å². The summed E-state index contributed by atoms with van der Waals surface area (Å²) in [5.74, 6) is -0.711. The summed E-state index contributed by atoms with van der Waals surface area (Å²) in [6.07, 6.45) is 0. The number of carbonyl (C=O) groups is 2. The van der Waals surface area contributed by atoms with Gasteiger partial charge in [0.05, 0.1) is 11.1 Å². The number of hydrogen-bond acceptors (Lipinski definition) is 5. The van der Waals surface area contributed by atoms with Gasteiger partial charge >= 0.3 is 0 Å².